The summed E-state index contributed by atoms with van der Waals surface area (Å²) < 4.78 is 0. The molecule has 0 N–H and O–H groups in total. The molecule has 0 aliphatic carbocycles. The lowest BCUT2D eigenvalue weighted by Gasteiger charge is -1.83. The number of aromatic nitrogens is 1. The fraction of sp³-hybridized carbons (Fsp3) is 0. The van der Waals surface area contributed by atoms with E-state index < -0.39 is 0 Å². The molecule has 0 fully saturated rings. The Bertz CT molecular complexity index is 251. The lowest BCUT2D eigenvalue weighted by atomic mass is 10.5. The van der Waals surface area contributed by atoms with Crippen LogP contribution in [0.2, 0.25) is 0 Å². The average Bonchev–Trinajstić information content (AvgIpc) is 2.59. The summed E-state index contributed by atoms with van der Waals surface area (Å²) in [5.41, 5.74) is 0. The van der Waals surface area contributed by atoms with Crippen molar-refractivity contribution in [1.29, 1.82) is 0 Å². The number of hydrogen-bond donors (Lipinski definition) is 0. The van der Waals surface area contributed by atoms with Gasteiger partial charge in [-0.2, -0.15) is 0 Å². The van der Waals surface area contributed by atoms with Crippen LogP contribution in [0.4, 0.5) is 0 Å². The van der Waals surface area contributed by atoms with Crippen molar-refractivity contribution in [3.05, 3.63) is 29.1 Å². The standard InChI is InChI=1S/C7H5NS2/c1-2-6(9-4-1)7-8-3-5-10-7/h1-5H. The second-order valence-corrected chi connectivity index (χ2v) is 3.66. The molecule has 0 spiro atoms. The summed E-state index contributed by atoms with van der Waals surface area (Å²) in [5.74, 6) is 0. The van der Waals surface area contributed by atoms with Crippen molar-refractivity contribution < 1.29 is 0 Å². The molecular formula is C7H5NS2. The van der Waals surface area contributed by atoms with Gasteiger partial charge in [0.1, 0.15) is 5.01 Å². The van der Waals surface area contributed by atoms with E-state index >= 15 is 0 Å². The van der Waals surface area contributed by atoms with Gasteiger partial charge in [0.2, 0.25) is 0 Å². The summed E-state index contributed by atoms with van der Waals surface area (Å²) in [4.78, 5) is 5.45. The van der Waals surface area contributed by atoms with E-state index in [9.17, 15) is 0 Å². The van der Waals surface area contributed by atoms with Gasteiger partial charge in [-0.05, 0) is 11.4 Å². The molecule has 2 heterocycles. The predicted octanol–water partition coefficient (Wildman–Crippen LogP) is 2.87. The minimum Gasteiger partial charge on any atom is -0.244 e. The monoisotopic (exact) mass is 167 g/mol. The first kappa shape index (κ1) is 6.07. The average molecular weight is 167 g/mol. The third-order valence-electron chi connectivity index (χ3n) is 1.16. The first-order valence-corrected chi connectivity index (χ1v) is 4.66. The maximum atomic E-state index is 4.19. The molecule has 50 valence electrons. The maximum absolute atomic E-state index is 4.19. The smallest absolute Gasteiger partial charge is 0.133 e. The molecule has 0 aliphatic rings. The molecule has 10 heavy (non-hydrogen) atoms. The number of thiazole rings is 1. The number of thiophene rings is 1. The summed E-state index contributed by atoms with van der Waals surface area (Å²) in [7, 11) is 0. The van der Waals surface area contributed by atoms with Gasteiger partial charge < -0.3 is 0 Å². The van der Waals surface area contributed by atoms with Crippen molar-refractivity contribution in [3.8, 4) is 9.88 Å². The fourth-order valence-corrected chi connectivity index (χ4v) is 2.20. The Morgan fingerprint density at radius 2 is 2.20 bits per heavy atom. The van der Waals surface area contributed by atoms with E-state index in [-0.39, 0.29) is 0 Å². The minimum absolute atomic E-state index is 1.12. The van der Waals surface area contributed by atoms with E-state index in [0.29, 0.717) is 0 Å². The Morgan fingerprint density at radius 1 is 1.20 bits per heavy atom. The summed E-state index contributed by atoms with van der Waals surface area (Å²) in [6.07, 6.45) is 1.83. The van der Waals surface area contributed by atoms with Gasteiger partial charge in [-0.25, -0.2) is 4.98 Å². The SMILES string of the molecule is c1csc(-c2nccs2)c1. The lowest BCUT2D eigenvalue weighted by molar-refractivity contribution is 1.43. The quantitative estimate of drug-likeness (QED) is 0.636. The highest BCUT2D eigenvalue weighted by Crippen LogP contribution is 2.25. The molecule has 0 aromatic carbocycles. The van der Waals surface area contributed by atoms with Gasteiger partial charge in [-0.3, -0.25) is 0 Å². The molecular weight excluding hydrogens is 162 g/mol. The number of nitrogens with zero attached hydrogens (tertiary/aromatic N) is 1. The molecule has 3 heteroatoms. The van der Waals surface area contributed by atoms with E-state index in [1.807, 2.05) is 17.6 Å². The normalized spacial score (nSPS) is 10.0. The summed E-state index contributed by atoms with van der Waals surface area (Å²) in [6.45, 7) is 0. The van der Waals surface area contributed by atoms with Crippen LogP contribution in [0.3, 0.4) is 0 Å². The van der Waals surface area contributed by atoms with Gasteiger partial charge in [-0.15, -0.1) is 22.7 Å². The van der Waals surface area contributed by atoms with Crippen molar-refractivity contribution in [3.63, 3.8) is 0 Å². The number of hydrogen-bond acceptors (Lipinski definition) is 3. The first-order chi connectivity index (χ1) is 4.97. The molecule has 0 saturated carbocycles. The van der Waals surface area contributed by atoms with Crippen LogP contribution in [0.1, 0.15) is 0 Å². The minimum atomic E-state index is 1.12. The highest BCUT2D eigenvalue weighted by atomic mass is 32.1. The molecule has 0 saturated heterocycles. The van der Waals surface area contributed by atoms with Crippen LogP contribution in [0.5, 0.6) is 0 Å². The zero-order valence-corrected chi connectivity index (χ0v) is 6.78. The van der Waals surface area contributed by atoms with E-state index in [4.69, 9.17) is 0 Å². The highest BCUT2D eigenvalue weighted by molar-refractivity contribution is 7.20. The molecule has 1 nitrogen and oxygen atoms in total. The number of rotatable bonds is 1. The van der Waals surface area contributed by atoms with Crippen LogP contribution >= 0.6 is 22.7 Å². The van der Waals surface area contributed by atoms with Crippen LogP contribution in [0.15, 0.2) is 29.1 Å². The second kappa shape index (κ2) is 2.52. The molecule has 2 aromatic heterocycles. The molecule has 0 amide bonds. The molecule has 0 unspecified atom stereocenters. The van der Waals surface area contributed by atoms with E-state index in [1.54, 1.807) is 22.7 Å². The van der Waals surface area contributed by atoms with Crippen molar-refractivity contribution in [1.82, 2.24) is 4.98 Å². The van der Waals surface area contributed by atoms with Crippen LogP contribution in [-0.2, 0) is 0 Å². The third-order valence-corrected chi connectivity index (χ3v) is 2.98. The second-order valence-electron chi connectivity index (χ2n) is 1.81. The molecule has 2 rings (SSSR count). The van der Waals surface area contributed by atoms with Crippen LogP contribution in [-0.4, -0.2) is 4.98 Å². The van der Waals surface area contributed by atoms with Gasteiger partial charge in [0, 0.05) is 11.6 Å². The van der Waals surface area contributed by atoms with E-state index in [2.05, 4.69) is 16.4 Å². The van der Waals surface area contributed by atoms with Crippen LogP contribution in [0.25, 0.3) is 9.88 Å². The zero-order valence-electron chi connectivity index (χ0n) is 5.15. The van der Waals surface area contributed by atoms with Gasteiger partial charge in [0.15, 0.2) is 0 Å². The van der Waals surface area contributed by atoms with Crippen molar-refractivity contribution in [2.24, 2.45) is 0 Å². The lowest BCUT2D eigenvalue weighted by Crippen LogP contribution is -1.63. The van der Waals surface area contributed by atoms with Gasteiger partial charge >= 0.3 is 0 Å². The molecule has 0 atom stereocenters. The topological polar surface area (TPSA) is 12.9 Å². The predicted molar refractivity (Wildman–Crippen MR) is 45.4 cm³/mol. The summed E-state index contributed by atoms with van der Waals surface area (Å²) in [6, 6.07) is 4.13. The zero-order chi connectivity index (χ0) is 6.81. The van der Waals surface area contributed by atoms with Crippen molar-refractivity contribution in [2.75, 3.05) is 0 Å². The maximum Gasteiger partial charge on any atom is 0.133 e. The molecule has 0 aliphatic heterocycles. The van der Waals surface area contributed by atoms with Crippen molar-refractivity contribution >= 4 is 22.7 Å². The van der Waals surface area contributed by atoms with E-state index in [1.165, 1.54) is 4.88 Å². The Kier molecular flexibility index (Phi) is 1.53. The largest absolute Gasteiger partial charge is 0.244 e. The fourth-order valence-electron chi connectivity index (χ4n) is 0.745. The highest BCUT2D eigenvalue weighted by Gasteiger charge is 1.98. The van der Waals surface area contributed by atoms with Gasteiger partial charge in [0.25, 0.3) is 0 Å². The van der Waals surface area contributed by atoms with Crippen LogP contribution in [0, 0.1) is 0 Å². The van der Waals surface area contributed by atoms with Gasteiger partial charge in [0.05, 0.1) is 4.88 Å². The Labute approximate surface area is 67.0 Å². The van der Waals surface area contributed by atoms with Crippen LogP contribution < -0.4 is 0 Å². The van der Waals surface area contributed by atoms with Crippen molar-refractivity contribution in [2.45, 2.75) is 0 Å². The first-order valence-electron chi connectivity index (χ1n) is 2.90. The Hall–Kier alpha value is -0.670. The van der Waals surface area contributed by atoms with Gasteiger partial charge in [-0.1, -0.05) is 6.07 Å². The molecule has 0 bridgehead atoms. The Morgan fingerprint density at radius 3 is 2.80 bits per heavy atom. The van der Waals surface area contributed by atoms with E-state index in [0.717, 1.165) is 5.01 Å². The molecule has 2 aromatic rings. The third kappa shape index (κ3) is 0.978. The Balaban J connectivity index is 2.48. The summed E-state index contributed by atoms with van der Waals surface area (Å²) in [5, 5.41) is 5.18. The molecule has 0 radical (unpaired) electrons. The summed E-state index contributed by atoms with van der Waals surface area (Å²) >= 11 is 3.41.